The Balaban J connectivity index is 4.46. The van der Waals surface area contributed by atoms with Crippen molar-refractivity contribution < 1.29 is 28.6 Å². The third-order valence-corrected chi connectivity index (χ3v) is 11.3. The normalized spacial score (nSPS) is 12.7. The van der Waals surface area contributed by atoms with Crippen LogP contribution in [0.25, 0.3) is 0 Å². The van der Waals surface area contributed by atoms with E-state index in [9.17, 15) is 14.4 Å². The largest absolute Gasteiger partial charge is 0.462 e. The van der Waals surface area contributed by atoms with Crippen LogP contribution in [-0.4, -0.2) is 37.2 Å². The van der Waals surface area contributed by atoms with Crippen molar-refractivity contribution >= 4 is 17.9 Å². The first-order valence-electron chi connectivity index (χ1n) is 26.7. The molecule has 1 atom stereocenters. The van der Waals surface area contributed by atoms with Crippen LogP contribution in [0, 0.1) is 0 Å². The second kappa shape index (κ2) is 52.2. The first-order chi connectivity index (χ1) is 31.5. The van der Waals surface area contributed by atoms with E-state index in [1.54, 1.807) is 0 Å². The van der Waals surface area contributed by atoms with Gasteiger partial charge in [0, 0.05) is 19.3 Å². The molecule has 0 N–H and O–H groups in total. The summed E-state index contributed by atoms with van der Waals surface area (Å²) in [5, 5.41) is 0. The Kier molecular flexibility index (Phi) is 49.4. The number of hydrogen-bond donors (Lipinski definition) is 0. The van der Waals surface area contributed by atoms with Gasteiger partial charge in [0.15, 0.2) is 6.10 Å². The fraction of sp³-hybridized carbons (Fsp3) is 0.707. The van der Waals surface area contributed by atoms with E-state index in [1.807, 2.05) is 54.7 Å². The summed E-state index contributed by atoms with van der Waals surface area (Å²) >= 11 is 0. The monoisotopic (exact) mass is 891 g/mol. The highest BCUT2D eigenvalue weighted by molar-refractivity contribution is 5.71. The molecular weight excluding hydrogens is 793 g/mol. The minimum atomic E-state index is -0.807. The lowest BCUT2D eigenvalue weighted by Gasteiger charge is -2.18. The van der Waals surface area contributed by atoms with Crippen LogP contribution in [0.1, 0.15) is 245 Å². The average molecular weight is 891 g/mol. The molecule has 0 radical (unpaired) electrons. The Hall–Kier alpha value is -3.41. The molecule has 0 saturated carbocycles. The van der Waals surface area contributed by atoms with Crippen LogP contribution in [-0.2, 0) is 28.6 Å². The second-order valence-electron chi connectivity index (χ2n) is 17.5. The van der Waals surface area contributed by atoms with E-state index < -0.39 is 6.10 Å². The quantitative estimate of drug-likeness (QED) is 0.0199. The predicted molar refractivity (Wildman–Crippen MR) is 274 cm³/mol. The highest BCUT2D eigenvalue weighted by Gasteiger charge is 2.19. The molecule has 0 fully saturated rings. The van der Waals surface area contributed by atoms with Crippen molar-refractivity contribution in [2.75, 3.05) is 13.2 Å². The van der Waals surface area contributed by atoms with Crippen LogP contribution in [0.5, 0.6) is 0 Å². The second-order valence-corrected chi connectivity index (χ2v) is 17.5. The SMILES string of the molecule is CC\C=C/C=C\C=C/C=C\C=C/CCCC(=O)OCC(COC(=O)CCCCCCCCC/C=C\C/C=C\CCCCC)OC(=O)CCCCCCCCCCCCCCCCCC. The van der Waals surface area contributed by atoms with E-state index in [-0.39, 0.29) is 37.5 Å². The number of unbranched alkanes of at least 4 members (excludes halogenated alkanes) is 26. The lowest BCUT2D eigenvalue weighted by Crippen LogP contribution is -2.30. The Morgan fingerprint density at radius 2 is 0.688 bits per heavy atom. The highest BCUT2D eigenvalue weighted by Crippen LogP contribution is 2.15. The Morgan fingerprint density at radius 1 is 0.344 bits per heavy atom. The topological polar surface area (TPSA) is 78.9 Å². The summed E-state index contributed by atoms with van der Waals surface area (Å²) in [5.74, 6) is -0.982. The van der Waals surface area contributed by atoms with Crippen molar-refractivity contribution in [3.05, 3.63) is 85.1 Å². The molecule has 0 aliphatic carbocycles. The van der Waals surface area contributed by atoms with Crippen LogP contribution in [0.3, 0.4) is 0 Å². The fourth-order valence-corrected chi connectivity index (χ4v) is 7.27. The first-order valence-corrected chi connectivity index (χ1v) is 26.7. The van der Waals surface area contributed by atoms with E-state index in [1.165, 1.54) is 135 Å². The average Bonchev–Trinajstić information content (AvgIpc) is 3.29. The van der Waals surface area contributed by atoms with Crippen molar-refractivity contribution in [1.82, 2.24) is 0 Å². The molecule has 0 amide bonds. The van der Waals surface area contributed by atoms with Crippen LogP contribution >= 0.6 is 0 Å². The fourth-order valence-electron chi connectivity index (χ4n) is 7.27. The zero-order valence-corrected chi connectivity index (χ0v) is 41.8. The third-order valence-electron chi connectivity index (χ3n) is 11.3. The summed E-state index contributed by atoms with van der Waals surface area (Å²) in [6, 6.07) is 0. The number of esters is 3. The molecular formula is C58H98O6. The van der Waals surface area contributed by atoms with E-state index in [4.69, 9.17) is 14.2 Å². The van der Waals surface area contributed by atoms with E-state index in [0.29, 0.717) is 19.3 Å². The summed E-state index contributed by atoms with van der Waals surface area (Å²) in [7, 11) is 0. The Morgan fingerprint density at radius 3 is 1.16 bits per heavy atom. The highest BCUT2D eigenvalue weighted by atomic mass is 16.6. The molecule has 0 spiro atoms. The Bertz CT molecular complexity index is 1250. The number of ether oxygens (including phenoxy) is 3. The molecule has 6 heteroatoms. The number of rotatable bonds is 47. The molecule has 0 aromatic carbocycles. The van der Waals surface area contributed by atoms with Crippen LogP contribution in [0.2, 0.25) is 0 Å². The first kappa shape index (κ1) is 60.6. The Labute approximate surface area is 395 Å². The zero-order chi connectivity index (χ0) is 46.5. The number of carbonyl (C=O) groups is 3. The molecule has 6 nitrogen and oxygen atoms in total. The summed E-state index contributed by atoms with van der Waals surface area (Å²) in [6.07, 6.45) is 67.2. The minimum absolute atomic E-state index is 0.102. The molecule has 64 heavy (non-hydrogen) atoms. The van der Waals surface area contributed by atoms with Crippen molar-refractivity contribution in [1.29, 1.82) is 0 Å². The maximum atomic E-state index is 12.8. The van der Waals surface area contributed by atoms with Gasteiger partial charge in [-0.3, -0.25) is 14.4 Å². The van der Waals surface area contributed by atoms with Crippen molar-refractivity contribution in [3.8, 4) is 0 Å². The van der Waals surface area contributed by atoms with E-state index in [2.05, 4.69) is 51.2 Å². The molecule has 0 heterocycles. The molecule has 0 aromatic heterocycles. The maximum absolute atomic E-state index is 12.8. The van der Waals surface area contributed by atoms with Gasteiger partial charge in [-0.1, -0.05) is 247 Å². The molecule has 0 bridgehead atoms. The molecule has 1 unspecified atom stereocenters. The smallest absolute Gasteiger partial charge is 0.306 e. The van der Waals surface area contributed by atoms with Crippen molar-refractivity contribution in [2.24, 2.45) is 0 Å². The van der Waals surface area contributed by atoms with E-state index >= 15 is 0 Å². The predicted octanol–water partition coefficient (Wildman–Crippen LogP) is 17.6. The molecule has 0 aliphatic rings. The summed E-state index contributed by atoms with van der Waals surface area (Å²) in [5.41, 5.74) is 0. The molecule has 0 rings (SSSR count). The van der Waals surface area contributed by atoms with Gasteiger partial charge in [-0.15, -0.1) is 0 Å². The van der Waals surface area contributed by atoms with Gasteiger partial charge in [-0.25, -0.2) is 0 Å². The molecule has 0 aliphatic heterocycles. The van der Waals surface area contributed by atoms with Crippen LogP contribution in [0.15, 0.2) is 85.1 Å². The van der Waals surface area contributed by atoms with Gasteiger partial charge < -0.3 is 14.2 Å². The van der Waals surface area contributed by atoms with Crippen molar-refractivity contribution in [3.63, 3.8) is 0 Å². The molecule has 0 aromatic rings. The van der Waals surface area contributed by atoms with Gasteiger partial charge in [0.1, 0.15) is 13.2 Å². The van der Waals surface area contributed by atoms with Crippen molar-refractivity contribution in [2.45, 2.75) is 252 Å². The summed E-state index contributed by atoms with van der Waals surface area (Å²) < 4.78 is 16.7. The van der Waals surface area contributed by atoms with Gasteiger partial charge in [0.25, 0.3) is 0 Å². The zero-order valence-electron chi connectivity index (χ0n) is 41.8. The van der Waals surface area contributed by atoms with Gasteiger partial charge >= 0.3 is 17.9 Å². The standard InChI is InChI=1S/C58H98O6/c1-4-7-10-13-16-19-22-25-27-29-31-33-36-39-42-45-48-51-57(60)63-54-55(53-62-56(59)50-47-44-41-38-35-32-24-21-18-15-12-9-6-3)64-58(61)52-49-46-43-40-37-34-30-28-26-23-20-17-14-11-8-5-2/h9,12,15-16,18-19,21,24-25,27,32,35,38,41,55H,4-8,10-11,13-14,17,20,22-23,26,28-31,33-34,36-37,39-40,42-54H2,1-3H3/b12-9-,18-15-,19-16-,24-21-,27-25-,35-32-,41-38-. The third kappa shape index (κ3) is 49.6. The van der Waals surface area contributed by atoms with Crippen LogP contribution < -0.4 is 0 Å². The minimum Gasteiger partial charge on any atom is -0.462 e. The summed E-state index contributed by atoms with van der Waals surface area (Å²) in [6.45, 7) is 6.41. The summed E-state index contributed by atoms with van der Waals surface area (Å²) in [4.78, 5) is 38.0. The molecule has 0 saturated heterocycles. The van der Waals surface area contributed by atoms with Gasteiger partial charge in [-0.05, 0) is 64.2 Å². The van der Waals surface area contributed by atoms with Gasteiger partial charge in [0.05, 0.1) is 0 Å². The lowest BCUT2D eigenvalue weighted by atomic mass is 10.0. The lowest BCUT2D eigenvalue weighted by molar-refractivity contribution is -0.167. The van der Waals surface area contributed by atoms with E-state index in [0.717, 1.165) is 64.2 Å². The number of hydrogen-bond acceptors (Lipinski definition) is 6. The van der Waals surface area contributed by atoms with Gasteiger partial charge in [0.2, 0.25) is 0 Å². The number of allylic oxidation sites excluding steroid dienone is 14. The van der Waals surface area contributed by atoms with Crippen LogP contribution in [0.4, 0.5) is 0 Å². The number of carbonyl (C=O) groups excluding carboxylic acids is 3. The molecule has 366 valence electrons. The van der Waals surface area contributed by atoms with Gasteiger partial charge in [-0.2, -0.15) is 0 Å². The maximum Gasteiger partial charge on any atom is 0.306 e.